The Morgan fingerprint density at radius 1 is 1.04 bits per heavy atom. The molecule has 24 heavy (non-hydrogen) atoms. The van der Waals surface area contributed by atoms with Crippen molar-refractivity contribution in [3.63, 3.8) is 0 Å². The van der Waals surface area contributed by atoms with E-state index in [0.29, 0.717) is 6.61 Å². The van der Waals surface area contributed by atoms with E-state index in [0.717, 1.165) is 30.0 Å². The van der Waals surface area contributed by atoms with Crippen LogP contribution in [-0.4, -0.2) is 49.4 Å². The van der Waals surface area contributed by atoms with E-state index in [1.165, 1.54) is 10.9 Å². The van der Waals surface area contributed by atoms with E-state index < -0.39 is 0 Å². The number of ether oxygens (including phenoxy) is 1. The summed E-state index contributed by atoms with van der Waals surface area (Å²) in [6, 6.07) is 14.5. The van der Waals surface area contributed by atoms with Crippen LogP contribution in [0.1, 0.15) is 5.56 Å². The quantitative estimate of drug-likeness (QED) is 0.725. The van der Waals surface area contributed by atoms with Gasteiger partial charge in [0.15, 0.2) is 0 Å². The summed E-state index contributed by atoms with van der Waals surface area (Å²) < 4.78 is 5.74. The molecule has 0 aliphatic carbocycles. The van der Waals surface area contributed by atoms with Crippen molar-refractivity contribution in [2.24, 2.45) is 0 Å². The maximum atomic E-state index is 5.74. The summed E-state index contributed by atoms with van der Waals surface area (Å²) in [4.78, 5) is 4.34. The molecule has 0 fully saturated rings. The second kappa shape index (κ2) is 7.36. The van der Waals surface area contributed by atoms with E-state index >= 15 is 0 Å². The van der Waals surface area contributed by atoms with E-state index in [9.17, 15) is 0 Å². The Bertz CT molecular complexity index is 779. The summed E-state index contributed by atoms with van der Waals surface area (Å²) >= 11 is 0. The number of fused-ring (bicyclic) bond motifs is 1. The zero-order chi connectivity index (χ0) is 16.9. The highest BCUT2D eigenvalue weighted by Gasteiger charge is 2.07. The minimum Gasteiger partial charge on any atom is -0.492 e. The number of benzene rings is 2. The summed E-state index contributed by atoms with van der Waals surface area (Å²) in [6.45, 7) is 2.44. The number of likely N-dealkylation sites (N-methyl/N-ethyl adjacent to an activating group) is 1. The lowest BCUT2D eigenvalue weighted by Gasteiger charge is -2.20. The molecule has 0 spiro atoms. The normalized spacial score (nSPS) is 11.2. The van der Waals surface area contributed by atoms with Gasteiger partial charge in [0, 0.05) is 31.2 Å². The molecular weight excluding hydrogens is 300 g/mol. The van der Waals surface area contributed by atoms with Crippen LogP contribution >= 0.6 is 0 Å². The van der Waals surface area contributed by atoms with Crippen LogP contribution in [0.3, 0.4) is 0 Å². The van der Waals surface area contributed by atoms with E-state index in [2.05, 4.69) is 51.3 Å². The third-order valence-corrected chi connectivity index (χ3v) is 4.07. The maximum Gasteiger partial charge on any atom is 0.119 e. The number of nitrogens with one attached hydrogen (secondary N) is 1. The number of H-pyrrole nitrogens is 1. The van der Waals surface area contributed by atoms with Gasteiger partial charge in [0.05, 0.1) is 11.7 Å². The average Bonchev–Trinajstić information content (AvgIpc) is 3.05. The van der Waals surface area contributed by atoms with Gasteiger partial charge in [-0.2, -0.15) is 5.10 Å². The summed E-state index contributed by atoms with van der Waals surface area (Å²) in [5.74, 6) is 0.908. The molecule has 0 saturated carbocycles. The molecule has 0 unspecified atom stereocenters. The van der Waals surface area contributed by atoms with Gasteiger partial charge in [-0.15, -0.1) is 0 Å². The predicted octanol–water partition coefficient (Wildman–Crippen LogP) is 3.14. The number of anilines is 1. The molecular formula is C19H24N4O. The van der Waals surface area contributed by atoms with Crippen LogP contribution in [0.2, 0.25) is 0 Å². The number of hydrogen-bond acceptors (Lipinski definition) is 4. The summed E-state index contributed by atoms with van der Waals surface area (Å²) in [5, 5.41) is 8.32. The molecule has 126 valence electrons. The number of aromatic nitrogens is 2. The van der Waals surface area contributed by atoms with Crippen LogP contribution in [0.25, 0.3) is 10.9 Å². The fourth-order valence-electron chi connectivity index (χ4n) is 2.66. The number of nitrogens with zero attached hydrogens (tertiary/aromatic N) is 3. The topological polar surface area (TPSA) is 44.4 Å². The Hall–Kier alpha value is -2.53. The van der Waals surface area contributed by atoms with Crippen molar-refractivity contribution in [1.29, 1.82) is 0 Å². The van der Waals surface area contributed by atoms with Crippen molar-refractivity contribution in [3.05, 3.63) is 54.2 Å². The van der Waals surface area contributed by atoms with Crippen LogP contribution in [0.5, 0.6) is 5.75 Å². The number of hydrogen-bond donors (Lipinski definition) is 1. The molecule has 0 saturated heterocycles. The van der Waals surface area contributed by atoms with Crippen LogP contribution in [0, 0.1) is 0 Å². The van der Waals surface area contributed by atoms with Crippen LogP contribution in [0.15, 0.2) is 48.7 Å². The van der Waals surface area contributed by atoms with Crippen LogP contribution in [0.4, 0.5) is 5.69 Å². The smallest absolute Gasteiger partial charge is 0.119 e. The lowest BCUT2D eigenvalue weighted by molar-refractivity contribution is 0.261. The van der Waals surface area contributed by atoms with E-state index in [4.69, 9.17) is 4.74 Å². The molecule has 2 aromatic carbocycles. The maximum absolute atomic E-state index is 5.74. The van der Waals surface area contributed by atoms with Gasteiger partial charge in [0.2, 0.25) is 0 Å². The fourth-order valence-corrected chi connectivity index (χ4v) is 2.66. The van der Waals surface area contributed by atoms with Crippen molar-refractivity contribution in [2.45, 2.75) is 6.54 Å². The number of aromatic amines is 1. The highest BCUT2D eigenvalue weighted by Crippen LogP contribution is 2.23. The highest BCUT2D eigenvalue weighted by molar-refractivity contribution is 5.81. The van der Waals surface area contributed by atoms with Gasteiger partial charge in [-0.05, 0) is 50.0 Å². The molecule has 3 aromatic rings. The zero-order valence-electron chi connectivity index (χ0n) is 14.5. The number of rotatable bonds is 7. The first-order valence-electron chi connectivity index (χ1n) is 8.13. The highest BCUT2D eigenvalue weighted by atomic mass is 16.5. The van der Waals surface area contributed by atoms with Gasteiger partial charge in [-0.25, -0.2) is 0 Å². The van der Waals surface area contributed by atoms with Crippen LogP contribution < -0.4 is 9.64 Å². The molecule has 0 bridgehead atoms. The lowest BCUT2D eigenvalue weighted by Crippen LogP contribution is -2.19. The van der Waals surface area contributed by atoms with Crippen molar-refractivity contribution in [1.82, 2.24) is 15.1 Å². The van der Waals surface area contributed by atoms with Gasteiger partial charge in [0.1, 0.15) is 12.4 Å². The second-order valence-corrected chi connectivity index (χ2v) is 6.25. The molecule has 1 aromatic heterocycles. The van der Waals surface area contributed by atoms with Gasteiger partial charge < -0.3 is 14.5 Å². The van der Waals surface area contributed by atoms with Gasteiger partial charge in [-0.1, -0.05) is 12.1 Å². The molecule has 0 amide bonds. The average molecular weight is 324 g/mol. The largest absolute Gasteiger partial charge is 0.492 e. The Balaban J connectivity index is 1.64. The molecule has 3 rings (SSSR count). The van der Waals surface area contributed by atoms with Gasteiger partial charge in [0.25, 0.3) is 0 Å². The summed E-state index contributed by atoms with van der Waals surface area (Å²) in [5.41, 5.74) is 3.50. The van der Waals surface area contributed by atoms with E-state index in [1.807, 2.05) is 38.5 Å². The fraction of sp³-hybridized carbons (Fsp3) is 0.316. The Labute approximate surface area is 142 Å². The second-order valence-electron chi connectivity index (χ2n) is 6.25. The molecule has 1 heterocycles. The van der Waals surface area contributed by atoms with E-state index in [-0.39, 0.29) is 0 Å². The minimum absolute atomic E-state index is 0.699. The van der Waals surface area contributed by atoms with Crippen molar-refractivity contribution in [3.8, 4) is 5.75 Å². The van der Waals surface area contributed by atoms with Crippen molar-refractivity contribution < 1.29 is 4.74 Å². The monoisotopic (exact) mass is 324 g/mol. The van der Waals surface area contributed by atoms with Crippen molar-refractivity contribution >= 4 is 16.6 Å². The van der Waals surface area contributed by atoms with Gasteiger partial charge >= 0.3 is 0 Å². The molecule has 1 N–H and O–H groups in total. The first-order valence-corrected chi connectivity index (χ1v) is 8.13. The predicted molar refractivity (Wildman–Crippen MR) is 98.7 cm³/mol. The minimum atomic E-state index is 0.699. The molecule has 0 aliphatic heterocycles. The first kappa shape index (κ1) is 16.3. The van der Waals surface area contributed by atoms with E-state index in [1.54, 1.807) is 0 Å². The molecule has 0 atom stereocenters. The standard InChI is InChI=1S/C19H24N4O/c1-22(2)11-12-24-17-9-7-16(8-10-17)23(3)14-15-5-4-6-19-18(15)13-20-21-19/h4-10,13H,11-12,14H2,1-3H3,(H,20,21). The lowest BCUT2D eigenvalue weighted by atomic mass is 10.1. The molecule has 0 radical (unpaired) electrons. The Morgan fingerprint density at radius 3 is 2.58 bits per heavy atom. The SMILES string of the molecule is CN(C)CCOc1ccc(N(C)Cc2cccc3[nH]ncc23)cc1. The first-order chi connectivity index (χ1) is 11.6. The van der Waals surface area contributed by atoms with Gasteiger partial charge in [-0.3, -0.25) is 5.10 Å². The molecule has 5 nitrogen and oxygen atoms in total. The molecule has 5 heteroatoms. The van der Waals surface area contributed by atoms with Crippen molar-refractivity contribution in [2.75, 3.05) is 39.2 Å². The third kappa shape index (κ3) is 3.86. The third-order valence-electron chi connectivity index (χ3n) is 4.07. The Morgan fingerprint density at radius 2 is 1.83 bits per heavy atom. The summed E-state index contributed by atoms with van der Waals surface area (Å²) in [6.07, 6.45) is 1.89. The van der Waals surface area contributed by atoms with Crippen LogP contribution in [-0.2, 0) is 6.54 Å². The summed E-state index contributed by atoms with van der Waals surface area (Å²) in [7, 11) is 6.19. The zero-order valence-corrected chi connectivity index (χ0v) is 14.5. The molecule has 0 aliphatic rings. The Kier molecular flexibility index (Phi) is 5.01.